The zero-order valence-corrected chi connectivity index (χ0v) is 16.1. The van der Waals surface area contributed by atoms with Crippen molar-refractivity contribution in [2.24, 2.45) is 0 Å². The predicted octanol–water partition coefficient (Wildman–Crippen LogP) is 4.37. The van der Waals surface area contributed by atoms with E-state index in [9.17, 15) is 4.79 Å². The lowest BCUT2D eigenvalue weighted by Crippen LogP contribution is -2.39. The van der Waals surface area contributed by atoms with Crippen molar-refractivity contribution in [2.45, 2.75) is 50.9 Å². The Balaban J connectivity index is 1.43. The second-order valence-corrected chi connectivity index (χ2v) is 7.68. The van der Waals surface area contributed by atoms with Gasteiger partial charge >= 0.3 is 0 Å². The van der Waals surface area contributed by atoms with E-state index in [1.54, 1.807) is 18.0 Å². The Hall–Kier alpha value is -1.88. The smallest absolute Gasteiger partial charge is 0.261 e. The number of rotatable bonds is 9. The molecule has 0 fully saturated rings. The predicted molar refractivity (Wildman–Crippen MR) is 106 cm³/mol. The molecule has 1 aromatic heterocycles. The maximum Gasteiger partial charge on any atom is 0.261 e. The summed E-state index contributed by atoms with van der Waals surface area (Å²) in [5.74, 6) is 3.40. The van der Waals surface area contributed by atoms with Crippen LogP contribution in [0.5, 0.6) is 5.75 Å². The molecule has 26 heavy (non-hydrogen) atoms. The first kappa shape index (κ1) is 18.9. The molecule has 0 unspecified atom stereocenters. The monoisotopic (exact) mass is 373 g/mol. The van der Waals surface area contributed by atoms with Gasteiger partial charge in [-0.1, -0.05) is 13.0 Å². The van der Waals surface area contributed by atoms with Crippen molar-refractivity contribution in [1.82, 2.24) is 5.32 Å². The fourth-order valence-electron chi connectivity index (χ4n) is 3.20. The summed E-state index contributed by atoms with van der Waals surface area (Å²) in [7, 11) is 0. The molecule has 4 nitrogen and oxygen atoms in total. The molecule has 1 atom stereocenters. The number of thioether (sulfide) groups is 1. The van der Waals surface area contributed by atoms with Crippen LogP contribution in [0.4, 0.5) is 0 Å². The maximum absolute atomic E-state index is 12.4. The van der Waals surface area contributed by atoms with Gasteiger partial charge in [-0.05, 0) is 67.5 Å². The van der Waals surface area contributed by atoms with E-state index in [-0.39, 0.29) is 5.91 Å². The van der Waals surface area contributed by atoms with E-state index in [2.05, 4.69) is 17.4 Å². The number of carbonyl (C=O) groups excluding carboxylic acids is 1. The number of carbonyl (C=O) groups is 1. The summed E-state index contributed by atoms with van der Waals surface area (Å²) in [6, 6.07) is 10.1. The van der Waals surface area contributed by atoms with Gasteiger partial charge in [0.15, 0.2) is 6.10 Å². The third-order valence-electron chi connectivity index (χ3n) is 4.63. The summed E-state index contributed by atoms with van der Waals surface area (Å²) in [6.45, 7) is 2.61. The van der Waals surface area contributed by atoms with Crippen molar-refractivity contribution in [2.75, 3.05) is 12.3 Å². The van der Waals surface area contributed by atoms with Crippen LogP contribution in [0.15, 0.2) is 41.0 Å². The fourth-order valence-corrected chi connectivity index (χ4v) is 3.95. The molecule has 0 spiro atoms. The molecule has 1 heterocycles. The Kier molecular flexibility index (Phi) is 7.06. The Morgan fingerprint density at radius 2 is 2.12 bits per heavy atom. The highest BCUT2D eigenvalue weighted by molar-refractivity contribution is 7.98. The van der Waals surface area contributed by atoms with E-state index < -0.39 is 6.10 Å². The minimum Gasteiger partial charge on any atom is -0.481 e. The van der Waals surface area contributed by atoms with Gasteiger partial charge in [0, 0.05) is 12.3 Å². The Morgan fingerprint density at radius 1 is 1.27 bits per heavy atom. The number of hydrogen-bond donors (Lipinski definition) is 1. The highest BCUT2D eigenvalue weighted by Gasteiger charge is 2.19. The maximum atomic E-state index is 12.4. The Labute approximate surface area is 159 Å². The number of ether oxygens (including phenoxy) is 1. The van der Waals surface area contributed by atoms with Gasteiger partial charge in [-0.3, -0.25) is 4.79 Å². The van der Waals surface area contributed by atoms with Crippen molar-refractivity contribution in [1.29, 1.82) is 0 Å². The van der Waals surface area contributed by atoms with E-state index in [1.807, 2.05) is 25.1 Å². The standard InChI is InChI=1S/C21H27NO3S/c1-2-20(21(23)22-11-13-26-15-19-8-5-12-24-19)25-18-10-9-16-6-3-4-7-17(16)14-18/h5,8-10,12,14,20H,2-4,6-7,11,13,15H2,1H3,(H,22,23)/t20-/m1/s1. The van der Waals surface area contributed by atoms with Crippen LogP contribution in [0.2, 0.25) is 0 Å². The van der Waals surface area contributed by atoms with Crippen LogP contribution in [0.3, 0.4) is 0 Å². The van der Waals surface area contributed by atoms with Crippen molar-refractivity contribution >= 4 is 17.7 Å². The second kappa shape index (κ2) is 9.72. The first-order chi connectivity index (χ1) is 12.8. The topological polar surface area (TPSA) is 51.5 Å². The van der Waals surface area contributed by atoms with Crippen molar-refractivity contribution in [3.8, 4) is 5.75 Å². The zero-order chi connectivity index (χ0) is 18.2. The number of benzene rings is 1. The molecule has 2 aromatic rings. The number of amides is 1. The van der Waals surface area contributed by atoms with Crippen molar-refractivity contribution in [3.63, 3.8) is 0 Å². The lowest BCUT2D eigenvalue weighted by atomic mass is 9.92. The third-order valence-corrected chi connectivity index (χ3v) is 5.61. The number of aryl methyl sites for hydroxylation is 2. The van der Waals surface area contributed by atoms with E-state index in [0.717, 1.165) is 35.9 Å². The molecule has 1 N–H and O–H groups in total. The molecule has 1 aliphatic rings. The van der Waals surface area contributed by atoms with Gasteiger partial charge in [-0.15, -0.1) is 0 Å². The number of nitrogens with one attached hydrogen (secondary N) is 1. The lowest BCUT2D eigenvalue weighted by molar-refractivity contribution is -0.127. The van der Waals surface area contributed by atoms with Crippen LogP contribution >= 0.6 is 11.8 Å². The molecular weight excluding hydrogens is 346 g/mol. The van der Waals surface area contributed by atoms with Crippen molar-refractivity contribution in [3.05, 3.63) is 53.5 Å². The second-order valence-electron chi connectivity index (χ2n) is 6.58. The molecular formula is C21H27NO3S. The van der Waals surface area contributed by atoms with E-state index in [1.165, 1.54) is 24.0 Å². The highest BCUT2D eigenvalue weighted by atomic mass is 32.2. The third kappa shape index (κ3) is 5.31. The molecule has 140 valence electrons. The summed E-state index contributed by atoms with van der Waals surface area (Å²) in [5, 5.41) is 2.98. The Morgan fingerprint density at radius 3 is 2.88 bits per heavy atom. The van der Waals surface area contributed by atoms with Gasteiger partial charge in [0.2, 0.25) is 0 Å². The summed E-state index contributed by atoms with van der Waals surface area (Å²) < 4.78 is 11.3. The molecule has 3 rings (SSSR count). The van der Waals surface area contributed by atoms with Crippen LogP contribution in [0.1, 0.15) is 43.1 Å². The number of furan rings is 1. The molecule has 1 amide bonds. The Bertz CT molecular complexity index is 699. The van der Waals surface area contributed by atoms with Crippen LogP contribution in [-0.2, 0) is 23.4 Å². The SMILES string of the molecule is CC[C@@H](Oc1ccc2c(c1)CCCC2)C(=O)NCCSCc1ccco1. The normalized spacial score (nSPS) is 14.5. The van der Waals surface area contributed by atoms with E-state index in [0.29, 0.717) is 13.0 Å². The van der Waals surface area contributed by atoms with Gasteiger partial charge < -0.3 is 14.5 Å². The lowest BCUT2D eigenvalue weighted by Gasteiger charge is -2.20. The summed E-state index contributed by atoms with van der Waals surface area (Å²) >= 11 is 1.74. The fraction of sp³-hybridized carbons (Fsp3) is 0.476. The molecule has 0 saturated heterocycles. The number of hydrogen-bond acceptors (Lipinski definition) is 4. The first-order valence-electron chi connectivity index (χ1n) is 9.42. The van der Waals surface area contributed by atoms with Gasteiger partial charge in [-0.2, -0.15) is 11.8 Å². The largest absolute Gasteiger partial charge is 0.481 e. The van der Waals surface area contributed by atoms with Crippen LogP contribution in [-0.4, -0.2) is 24.3 Å². The van der Waals surface area contributed by atoms with E-state index >= 15 is 0 Å². The minimum atomic E-state index is -0.438. The molecule has 1 aromatic carbocycles. The minimum absolute atomic E-state index is 0.0381. The first-order valence-corrected chi connectivity index (χ1v) is 10.6. The molecule has 0 saturated carbocycles. The van der Waals surface area contributed by atoms with Gasteiger partial charge in [0.1, 0.15) is 11.5 Å². The zero-order valence-electron chi connectivity index (χ0n) is 15.3. The summed E-state index contributed by atoms with van der Waals surface area (Å²) in [5.41, 5.74) is 2.80. The summed E-state index contributed by atoms with van der Waals surface area (Å²) in [4.78, 5) is 12.4. The molecule has 1 aliphatic carbocycles. The van der Waals surface area contributed by atoms with Crippen LogP contribution in [0, 0.1) is 0 Å². The molecule has 0 aliphatic heterocycles. The van der Waals surface area contributed by atoms with Crippen molar-refractivity contribution < 1.29 is 13.9 Å². The van der Waals surface area contributed by atoms with Gasteiger partial charge in [-0.25, -0.2) is 0 Å². The molecule has 0 radical (unpaired) electrons. The summed E-state index contributed by atoms with van der Waals surface area (Å²) in [6.07, 6.45) is 6.68. The van der Waals surface area contributed by atoms with Gasteiger partial charge in [0.05, 0.1) is 12.0 Å². The molecule has 5 heteroatoms. The molecule has 0 bridgehead atoms. The highest BCUT2D eigenvalue weighted by Crippen LogP contribution is 2.26. The average molecular weight is 374 g/mol. The number of fused-ring (bicyclic) bond motifs is 1. The van der Waals surface area contributed by atoms with Crippen LogP contribution < -0.4 is 10.1 Å². The van der Waals surface area contributed by atoms with Gasteiger partial charge in [0.25, 0.3) is 5.91 Å². The van der Waals surface area contributed by atoms with E-state index in [4.69, 9.17) is 9.15 Å². The average Bonchev–Trinajstić information content (AvgIpc) is 3.19. The quantitative estimate of drug-likeness (QED) is 0.663. The van der Waals surface area contributed by atoms with Crippen LogP contribution in [0.25, 0.3) is 0 Å².